The minimum Gasteiger partial charge on any atom is -0.361 e. The second-order valence-electron chi connectivity index (χ2n) is 4.47. The second-order valence-corrected chi connectivity index (χ2v) is 7.27. The maximum atomic E-state index is 4.61. The van der Waals surface area contributed by atoms with Crippen molar-refractivity contribution in [2.75, 3.05) is 12.3 Å². The van der Waals surface area contributed by atoms with Crippen LogP contribution in [0.1, 0.15) is 39.5 Å². The Morgan fingerprint density at radius 3 is 3.00 bits per heavy atom. The summed E-state index contributed by atoms with van der Waals surface area (Å²) in [7, 11) is 0. The highest BCUT2D eigenvalue weighted by Gasteiger charge is 2.29. The maximum absolute atomic E-state index is 4.61. The van der Waals surface area contributed by atoms with Crippen molar-refractivity contribution in [3.63, 3.8) is 0 Å². The van der Waals surface area contributed by atoms with Crippen LogP contribution in [-0.2, 0) is 0 Å². The van der Waals surface area contributed by atoms with Crippen molar-refractivity contribution in [2.24, 2.45) is 4.99 Å². The van der Waals surface area contributed by atoms with Crippen molar-refractivity contribution in [2.45, 2.75) is 56.1 Å². The van der Waals surface area contributed by atoms with Crippen LogP contribution in [0.4, 0.5) is 0 Å². The second kappa shape index (κ2) is 6.20. The highest BCUT2D eigenvalue weighted by molar-refractivity contribution is 8.14. The lowest BCUT2D eigenvalue weighted by Gasteiger charge is -2.20. The third kappa shape index (κ3) is 3.10. The Hall–Kier alpha value is 0.170. The van der Waals surface area contributed by atoms with Crippen LogP contribution in [0, 0.1) is 0 Å². The van der Waals surface area contributed by atoms with Gasteiger partial charge in [0.05, 0.1) is 6.54 Å². The average molecular weight is 258 g/mol. The first kappa shape index (κ1) is 12.6. The van der Waals surface area contributed by atoms with E-state index in [0.717, 1.165) is 17.0 Å². The van der Waals surface area contributed by atoms with Gasteiger partial charge in [0, 0.05) is 16.5 Å². The molecule has 0 saturated heterocycles. The number of hydrogen-bond donors (Lipinski definition) is 1. The van der Waals surface area contributed by atoms with Crippen LogP contribution in [0.15, 0.2) is 4.99 Å². The fourth-order valence-corrected chi connectivity index (χ4v) is 4.57. The Bertz CT molecular complexity index is 255. The molecule has 1 aliphatic heterocycles. The molecular formula is C12H22N2S2. The molecule has 1 aliphatic carbocycles. The lowest BCUT2D eigenvalue weighted by Crippen LogP contribution is -2.37. The van der Waals surface area contributed by atoms with Gasteiger partial charge < -0.3 is 5.32 Å². The molecule has 0 bridgehead atoms. The average Bonchev–Trinajstić information content (AvgIpc) is 2.90. The van der Waals surface area contributed by atoms with Gasteiger partial charge in [0.2, 0.25) is 0 Å². The largest absolute Gasteiger partial charge is 0.361 e. The zero-order chi connectivity index (χ0) is 11.4. The number of aliphatic imine (C=N–C) groups is 1. The fourth-order valence-electron chi connectivity index (χ4n) is 2.37. The van der Waals surface area contributed by atoms with E-state index < -0.39 is 0 Å². The molecule has 0 aromatic heterocycles. The molecule has 0 aromatic carbocycles. The van der Waals surface area contributed by atoms with E-state index in [1.165, 1.54) is 36.6 Å². The number of thioether (sulfide) groups is 2. The summed E-state index contributed by atoms with van der Waals surface area (Å²) in [6.07, 6.45) is 5.32. The Balaban J connectivity index is 1.80. The molecule has 1 fully saturated rings. The number of nitrogens with one attached hydrogen (secondary N) is 1. The topological polar surface area (TPSA) is 24.4 Å². The lowest BCUT2D eigenvalue weighted by atomic mass is 10.2. The predicted molar refractivity (Wildman–Crippen MR) is 76.7 cm³/mol. The minimum atomic E-state index is 0.673. The van der Waals surface area contributed by atoms with Crippen molar-refractivity contribution in [3.8, 4) is 0 Å². The van der Waals surface area contributed by atoms with Crippen molar-refractivity contribution < 1.29 is 0 Å². The summed E-state index contributed by atoms with van der Waals surface area (Å²) in [6.45, 7) is 5.53. The van der Waals surface area contributed by atoms with Gasteiger partial charge in [-0.15, -0.1) is 0 Å². The van der Waals surface area contributed by atoms with Gasteiger partial charge in [-0.3, -0.25) is 4.99 Å². The Kier molecular flexibility index (Phi) is 4.89. The molecule has 3 atom stereocenters. The molecule has 1 saturated carbocycles. The van der Waals surface area contributed by atoms with Gasteiger partial charge >= 0.3 is 0 Å². The molecule has 0 aromatic rings. The van der Waals surface area contributed by atoms with Crippen molar-refractivity contribution in [1.82, 2.24) is 5.32 Å². The number of hydrogen-bond acceptors (Lipinski definition) is 4. The highest BCUT2D eigenvalue weighted by atomic mass is 32.2. The van der Waals surface area contributed by atoms with Crippen LogP contribution < -0.4 is 5.32 Å². The first-order chi connectivity index (χ1) is 7.83. The summed E-state index contributed by atoms with van der Waals surface area (Å²) in [6, 6.07) is 0.673. The van der Waals surface area contributed by atoms with Gasteiger partial charge in [0.15, 0.2) is 5.17 Å². The van der Waals surface area contributed by atoms with Crippen LogP contribution in [0.5, 0.6) is 0 Å². The molecule has 3 unspecified atom stereocenters. The monoisotopic (exact) mass is 258 g/mol. The maximum Gasteiger partial charge on any atom is 0.157 e. The van der Waals surface area contributed by atoms with Gasteiger partial charge in [0.1, 0.15) is 0 Å². The molecule has 1 N–H and O–H groups in total. The zero-order valence-electron chi connectivity index (χ0n) is 10.2. The SMILES string of the molecule is CCSC1CCCC1NC1=NCC(CC)S1. The summed E-state index contributed by atoms with van der Waals surface area (Å²) in [4.78, 5) is 4.61. The predicted octanol–water partition coefficient (Wildman–Crippen LogP) is 3.13. The highest BCUT2D eigenvalue weighted by Crippen LogP contribution is 2.31. The first-order valence-corrected chi connectivity index (χ1v) is 8.35. The minimum absolute atomic E-state index is 0.673. The van der Waals surface area contributed by atoms with E-state index in [-0.39, 0.29) is 0 Å². The first-order valence-electron chi connectivity index (χ1n) is 6.42. The van der Waals surface area contributed by atoms with Crippen LogP contribution in [0.3, 0.4) is 0 Å². The van der Waals surface area contributed by atoms with Crippen molar-refractivity contribution in [1.29, 1.82) is 0 Å². The van der Waals surface area contributed by atoms with Gasteiger partial charge in [-0.05, 0) is 25.0 Å². The van der Waals surface area contributed by atoms with Gasteiger partial charge in [0.25, 0.3) is 0 Å². The van der Waals surface area contributed by atoms with Crippen molar-refractivity contribution in [3.05, 3.63) is 0 Å². The molecule has 2 rings (SSSR count). The van der Waals surface area contributed by atoms with E-state index in [2.05, 4.69) is 35.9 Å². The lowest BCUT2D eigenvalue weighted by molar-refractivity contribution is 0.645. The third-order valence-electron chi connectivity index (χ3n) is 3.31. The molecule has 0 radical (unpaired) electrons. The number of rotatable bonds is 4. The summed E-state index contributed by atoms with van der Waals surface area (Å²) in [5.74, 6) is 1.24. The van der Waals surface area contributed by atoms with E-state index in [1.807, 2.05) is 11.8 Å². The standard InChI is InChI=1S/C12H22N2S2/c1-3-9-8-13-12(16-9)14-10-6-5-7-11(10)15-4-2/h9-11H,3-8H2,1-2H3,(H,13,14). The summed E-state index contributed by atoms with van der Waals surface area (Å²) in [5, 5.41) is 6.42. The quantitative estimate of drug-likeness (QED) is 0.838. The molecule has 92 valence electrons. The van der Waals surface area contributed by atoms with Gasteiger partial charge in [-0.2, -0.15) is 11.8 Å². The Morgan fingerprint density at radius 2 is 2.31 bits per heavy atom. The van der Waals surface area contributed by atoms with Gasteiger partial charge in [-0.1, -0.05) is 32.0 Å². The van der Waals surface area contributed by atoms with E-state index in [4.69, 9.17) is 0 Å². The van der Waals surface area contributed by atoms with E-state index in [1.54, 1.807) is 0 Å². The number of nitrogens with zero attached hydrogens (tertiary/aromatic N) is 1. The molecule has 0 amide bonds. The number of amidine groups is 1. The fraction of sp³-hybridized carbons (Fsp3) is 0.917. The Labute approximate surface area is 107 Å². The summed E-state index contributed by atoms with van der Waals surface area (Å²) >= 11 is 4.06. The molecular weight excluding hydrogens is 236 g/mol. The third-order valence-corrected chi connectivity index (χ3v) is 5.93. The van der Waals surface area contributed by atoms with E-state index in [0.29, 0.717) is 6.04 Å². The van der Waals surface area contributed by atoms with Crippen LogP contribution in [0.2, 0.25) is 0 Å². The zero-order valence-corrected chi connectivity index (χ0v) is 11.9. The van der Waals surface area contributed by atoms with Crippen LogP contribution >= 0.6 is 23.5 Å². The van der Waals surface area contributed by atoms with E-state index >= 15 is 0 Å². The normalized spacial score (nSPS) is 34.1. The molecule has 16 heavy (non-hydrogen) atoms. The summed E-state index contributed by atoms with van der Waals surface area (Å²) in [5.41, 5.74) is 0. The Morgan fingerprint density at radius 1 is 1.44 bits per heavy atom. The van der Waals surface area contributed by atoms with Crippen molar-refractivity contribution >= 4 is 28.7 Å². The molecule has 1 heterocycles. The smallest absolute Gasteiger partial charge is 0.157 e. The van der Waals surface area contributed by atoms with Crippen LogP contribution in [0.25, 0.3) is 0 Å². The van der Waals surface area contributed by atoms with E-state index in [9.17, 15) is 0 Å². The van der Waals surface area contributed by atoms with Gasteiger partial charge in [-0.25, -0.2) is 0 Å². The molecule has 4 heteroatoms. The molecule has 2 aliphatic rings. The molecule has 2 nitrogen and oxygen atoms in total. The molecule has 0 spiro atoms. The van der Waals surface area contributed by atoms with Crippen LogP contribution in [-0.4, -0.2) is 34.0 Å². The summed E-state index contributed by atoms with van der Waals surface area (Å²) < 4.78 is 0.